The topological polar surface area (TPSA) is 55.2 Å². The zero-order valence-corrected chi connectivity index (χ0v) is 16.2. The summed E-state index contributed by atoms with van der Waals surface area (Å²) in [5.41, 5.74) is 2.28. The second kappa shape index (κ2) is 7.62. The number of carbonyl (C=O) groups is 1. The molecular formula is C20H24ClN3O2. The number of nitrogens with zero attached hydrogens (tertiary/aromatic N) is 3. The number of carbonyl (C=O) groups excluding carboxylic acids is 1. The van der Waals surface area contributed by atoms with Crippen LogP contribution in [0.2, 0.25) is 5.02 Å². The van der Waals surface area contributed by atoms with E-state index in [4.69, 9.17) is 16.6 Å². The second-order valence-corrected chi connectivity index (χ2v) is 7.35. The molecule has 1 atom stereocenters. The molecule has 1 aromatic heterocycles. The molecule has 1 aliphatic rings. The minimum Gasteiger partial charge on any atom is -0.338 e. The Bertz CT molecular complexity index is 874. The van der Waals surface area contributed by atoms with Crippen molar-refractivity contribution >= 4 is 17.5 Å². The number of rotatable bonds is 4. The summed E-state index contributed by atoms with van der Waals surface area (Å²) in [4.78, 5) is 31.6. The molecule has 0 saturated heterocycles. The van der Waals surface area contributed by atoms with Crippen LogP contribution in [0.15, 0.2) is 29.1 Å². The standard InChI is InChI=1S/C20H24ClN3O2/c1-4-5-6-15-11-24(13(2)25)12-17-18(15)22-19(23(3)20(17)26)14-7-9-16(21)10-8-14/h7-10,15H,4-6,11-12H2,1-3H3. The van der Waals surface area contributed by atoms with Crippen molar-refractivity contribution in [2.45, 2.75) is 45.6 Å². The predicted molar refractivity (Wildman–Crippen MR) is 103 cm³/mol. The van der Waals surface area contributed by atoms with E-state index in [-0.39, 0.29) is 17.4 Å². The third kappa shape index (κ3) is 3.54. The molecule has 0 aliphatic carbocycles. The van der Waals surface area contributed by atoms with Gasteiger partial charge in [-0.3, -0.25) is 14.2 Å². The van der Waals surface area contributed by atoms with Crippen molar-refractivity contribution in [1.82, 2.24) is 14.5 Å². The lowest BCUT2D eigenvalue weighted by Gasteiger charge is -2.33. The fraction of sp³-hybridized carbons (Fsp3) is 0.450. The van der Waals surface area contributed by atoms with Crippen LogP contribution in [-0.4, -0.2) is 26.9 Å². The van der Waals surface area contributed by atoms with Crippen LogP contribution in [0.5, 0.6) is 0 Å². The Kier molecular flexibility index (Phi) is 5.47. The third-order valence-electron chi connectivity index (χ3n) is 5.05. The number of amides is 1. The number of unbranched alkanes of at least 4 members (excludes halogenated alkanes) is 1. The summed E-state index contributed by atoms with van der Waals surface area (Å²) in [6, 6.07) is 7.35. The van der Waals surface area contributed by atoms with Gasteiger partial charge < -0.3 is 4.90 Å². The van der Waals surface area contributed by atoms with Gasteiger partial charge in [-0.2, -0.15) is 0 Å². The SMILES string of the molecule is CCCCC1CN(C(C)=O)Cc2c1nc(-c1ccc(Cl)cc1)n(C)c2=O. The molecule has 0 spiro atoms. The van der Waals surface area contributed by atoms with Crippen LogP contribution in [-0.2, 0) is 18.4 Å². The van der Waals surface area contributed by atoms with Crippen molar-refractivity contribution in [3.63, 3.8) is 0 Å². The summed E-state index contributed by atoms with van der Waals surface area (Å²) in [7, 11) is 1.73. The molecule has 0 fully saturated rings. The molecule has 1 unspecified atom stereocenters. The first-order valence-corrected chi connectivity index (χ1v) is 9.41. The summed E-state index contributed by atoms with van der Waals surface area (Å²) in [6.45, 7) is 4.67. The smallest absolute Gasteiger partial charge is 0.258 e. The molecule has 3 rings (SSSR count). The van der Waals surface area contributed by atoms with Crippen LogP contribution in [0.4, 0.5) is 0 Å². The number of benzene rings is 1. The molecule has 1 amide bonds. The fourth-order valence-electron chi connectivity index (χ4n) is 3.53. The molecule has 0 N–H and O–H groups in total. The van der Waals surface area contributed by atoms with Gasteiger partial charge in [0.05, 0.1) is 17.8 Å². The number of aromatic nitrogens is 2. The lowest BCUT2D eigenvalue weighted by atomic mass is 9.90. The Morgan fingerprint density at radius 2 is 2.00 bits per heavy atom. The molecule has 1 aliphatic heterocycles. The highest BCUT2D eigenvalue weighted by Gasteiger charge is 2.31. The number of hydrogen-bond donors (Lipinski definition) is 0. The Hall–Kier alpha value is -2.14. The van der Waals surface area contributed by atoms with Gasteiger partial charge in [-0.25, -0.2) is 4.98 Å². The average Bonchev–Trinajstić information content (AvgIpc) is 2.63. The molecule has 6 heteroatoms. The molecule has 138 valence electrons. The van der Waals surface area contributed by atoms with Crippen LogP contribution < -0.4 is 5.56 Å². The maximum absolute atomic E-state index is 13.0. The van der Waals surface area contributed by atoms with Crippen LogP contribution >= 0.6 is 11.6 Å². The van der Waals surface area contributed by atoms with Gasteiger partial charge >= 0.3 is 0 Å². The highest BCUT2D eigenvalue weighted by molar-refractivity contribution is 6.30. The molecule has 1 aromatic carbocycles. The first-order valence-electron chi connectivity index (χ1n) is 9.03. The van der Waals surface area contributed by atoms with E-state index in [2.05, 4.69) is 6.92 Å². The summed E-state index contributed by atoms with van der Waals surface area (Å²) in [6.07, 6.45) is 3.04. The van der Waals surface area contributed by atoms with Crippen molar-refractivity contribution in [3.8, 4) is 11.4 Å². The molecule has 0 saturated carbocycles. The number of fused-ring (bicyclic) bond motifs is 1. The van der Waals surface area contributed by atoms with Gasteiger partial charge in [0.15, 0.2) is 0 Å². The predicted octanol–water partition coefficient (Wildman–Crippen LogP) is 3.74. The monoisotopic (exact) mass is 373 g/mol. The lowest BCUT2D eigenvalue weighted by Crippen LogP contribution is -2.42. The van der Waals surface area contributed by atoms with E-state index in [0.29, 0.717) is 29.5 Å². The van der Waals surface area contributed by atoms with Gasteiger partial charge in [0.2, 0.25) is 5.91 Å². The van der Waals surface area contributed by atoms with Gasteiger partial charge in [-0.1, -0.05) is 31.4 Å². The van der Waals surface area contributed by atoms with E-state index >= 15 is 0 Å². The zero-order valence-electron chi connectivity index (χ0n) is 15.5. The fourth-order valence-corrected chi connectivity index (χ4v) is 3.66. The van der Waals surface area contributed by atoms with E-state index in [1.807, 2.05) is 12.1 Å². The maximum atomic E-state index is 13.0. The minimum absolute atomic E-state index is 0.000907. The van der Waals surface area contributed by atoms with Gasteiger partial charge in [0.25, 0.3) is 5.56 Å². The van der Waals surface area contributed by atoms with Crippen molar-refractivity contribution < 1.29 is 4.79 Å². The van der Waals surface area contributed by atoms with E-state index in [9.17, 15) is 9.59 Å². The quantitative estimate of drug-likeness (QED) is 0.820. The average molecular weight is 374 g/mol. The van der Waals surface area contributed by atoms with E-state index in [1.54, 1.807) is 35.6 Å². The summed E-state index contributed by atoms with van der Waals surface area (Å²) >= 11 is 5.99. The van der Waals surface area contributed by atoms with Gasteiger partial charge in [-0.15, -0.1) is 0 Å². The largest absolute Gasteiger partial charge is 0.338 e. The van der Waals surface area contributed by atoms with Crippen LogP contribution in [0.25, 0.3) is 11.4 Å². The molecule has 2 heterocycles. The highest BCUT2D eigenvalue weighted by atomic mass is 35.5. The Balaban J connectivity index is 2.13. The lowest BCUT2D eigenvalue weighted by molar-refractivity contribution is -0.130. The van der Waals surface area contributed by atoms with Crippen LogP contribution in [0.1, 0.15) is 50.3 Å². The first-order chi connectivity index (χ1) is 12.4. The number of halogens is 1. The molecular weight excluding hydrogens is 350 g/mol. The molecule has 0 bridgehead atoms. The minimum atomic E-state index is -0.0765. The molecule has 2 aromatic rings. The van der Waals surface area contributed by atoms with Gasteiger partial charge in [0, 0.05) is 37.0 Å². The molecule has 5 nitrogen and oxygen atoms in total. The molecule has 0 radical (unpaired) electrons. The van der Waals surface area contributed by atoms with Gasteiger partial charge in [-0.05, 0) is 30.7 Å². The zero-order chi connectivity index (χ0) is 18.8. The number of hydrogen-bond acceptors (Lipinski definition) is 3. The maximum Gasteiger partial charge on any atom is 0.258 e. The third-order valence-corrected chi connectivity index (χ3v) is 5.30. The van der Waals surface area contributed by atoms with E-state index in [1.165, 1.54) is 0 Å². The van der Waals surface area contributed by atoms with Crippen molar-refractivity contribution in [3.05, 3.63) is 50.9 Å². The molecule has 26 heavy (non-hydrogen) atoms. The summed E-state index contributed by atoms with van der Waals surface area (Å²) in [5, 5.41) is 0.648. The Labute approximate surface area is 158 Å². The summed E-state index contributed by atoms with van der Waals surface area (Å²) in [5.74, 6) is 0.742. The summed E-state index contributed by atoms with van der Waals surface area (Å²) < 4.78 is 1.57. The van der Waals surface area contributed by atoms with Gasteiger partial charge in [0.1, 0.15) is 5.82 Å². The second-order valence-electron chi connectivity index (χ2n) is 6.91. The van der Waals surface area contributed by atoms with Crippen molar-refractivity contribution in [1.29, 1.82) is 0 Å². The Morgan fingerprint density at radius 3 is 2.62 bits per heavy atom. The normalized spacial score (nSPS) is 16.5. The first kappa shape index (κ1) is 18.6. The van der Waals surface area contributed by atoms with Crippen LogP contribution in [0, 0.1) is 0 Å². The Morgan fingerprint density at radius 1 is 1.31 bits per heavy atom. The van der Waals surface area contributed by atoms with E-state index in [0.717, 1.165) is 30.5 Å². The van der Waals surface area contributed by atoms with Crippen molar-refractivity contribution in [2.24, 2.45) is 7.05 Å². The van der Waals surface area contributed by atoms with Crippen molar-refractivity contribution in [2.75, 3.05) is 6.54 Å². The van der Waals surface area contributed by atoms with Crippen LogP contribution in [0.3, 0.4) is 0 Å². The van der Waals surface area contributed by atoms with E-state index < -0.39 is 0 Å². The highest BCUT2D eigenvalue weighted by Crippen LogP contribution is 2.31.